The highest BCUT2D eigenvalue weighted by Gasteiger charge is 2.45. The Morgan fingerprint density at radius 3 is 1.65 bits per heavy atom. The van der Waals surface area contributed by atoms with Gasteiger partial charge in [0.15, 0.2) is 5.67 Å². The van der Waals surface area contributed by atoms with Crippen LogP contribution in [0.15, 0.2) is 12.7 Å². The van der Waals surface area contributed by atoms with Crippen LogP contribution in [0, 0.1) is 0 Å². The molecule has 0 rings (SSSR count). The Kier molecular flexibility index (Phi) is 26.2. The van der Waals surface area contributed by atoms with Gasteiger partial charge in [0.2, 0.25) is 5.85 Å². The molecule has 8 N–H and O–H groups in total. The zero-order valence-electron chi connectivity index (χ0n) is 29.8. The fourth-order valence-electron chi connectivity index (χ4n) is 3.59. The van der Waals surface area contributed by atoms with Crippen molar-refractivity contribution >= 4 is 0 Å². The van der Waals surface area contributed by atoms with Crippen LogP contribution in [-0.4, -0.2) is 167 Å². The third kappa shape index (κ3) is 26.4. The van der Waals surface area contributed by atoms with Crippen molar-refractivity contribution < 1.29 is 71.8 Å². The molecule has 15 nitrogen and oxygen atoms in total. The third-order valence-corrected chi connectivity index (χ3v) is 6.97. The van der Waals surface area contributed by atoms with E-state index in [2.05, 4.69) is 6.58 Å². The highest BCUT2D eigenvalue weighted by atomic mass is 19.2. The molecule has 0 aliphatic rings. The average molecular weight is 723 g/mol. The van der Waals surface area contributed by atoms with Crippen LogP contribution in [0.2, 0.25) is 0 Å². The molecule has 0 amide bonds. The monoisotopic (exact) mass is 722 g/mol. The van der Waals surface area contributed by atoms with Crippen molar-refractivity contribution in [2.75, 3.05) is 106 Å². The summed E-state index contributed by atoms with van der Waals surface area (Å²) in [7, 11) is 0. The van der Waals surface area contributed by atoms with E-state index in [9.17, 15) is 19.7 Å². The summed E-state index contributed by atoms with van der Waals surface area (Å²) in [6.07, 6.45) is -0.270. The number of nitrogens with two attached hydrogens (primary N) is 2. The number of aliphatic hydroxyl groups is 4. The molecule has 0 aromatic heterocycles. The van der Waals surface area contributed by atoms with Gasteiger partial charge in [0.05, 0.1) is 106 Å². The highest BCUT2D eigenvalue weighted by molar-refractivity contribution is 4.92. The molecule has 0 radical (unpaired) electrons. The van der Waals surface area contributed by atoms with Gasteiger partial charge in [0.1, 0.15) is 29.8 Å². The number of hydrogen-bond donors (Lipinski definition) is 6. The van der Waals surface area contributed by atoms with Gasteiger partial charge < -0.3 is 74.5 Å². The number of alkyl halides is 2. The molecule has 0 aromatic rings. The molecule has 0 saturated heterocycles. The summed E-state index contributed by atoms with van der Waals surface area (Å²) >= 11 is 0. The van der Waals surface area contributed by atoms with Gasteiger partial charge in [-0.25, -0.2) is 8.78 Å². The summed E-state index contributed by atoms with van der Waals surface area (Å²) in [6, 6.07) is 0. The van der Waals surface area contributed by atoms with E-state index in [4.69, 9.17) is 59.2 Å². The van der Waals surface area contributed by atoms with Crippen LogP contribution in [-0.2, 0) is 42.6 Å². The largest absolute Gasteiger partial charge is 0.394 e. The predicted octanol–water partition coefficient (Wildman–Crippen LogP) is 0.331. The molecule has 0 heterocycles. The minimum absolute atomic E-state index is 0.0102. The molecule has 0 fully saturated rings. The van der Waals surface area contributed by atoms with Crippen LogP contribution < -0.4 is 11.5 Å². The van der Waals surface area contributed by atoms with Gasteiger partial charge in [-0.15, -0.1) is 6.58 Å². The molecule has 7 unspecified atom stereocenters. The zero-order valence-corrected chi connectivity index (χ0v) is 29.8. The molecular formula is C32H64F2N2O13. The van der Waals surface area contributed by atoms with Crippen LogP contribution in [0.4, 0.5) is 8.78 Å². The van der Waals surface area contributed by atoms with Gasteiger partial charge >= 0.3 is 0 Å². The van der Waals surface area contributed by atoms with Crippen molar-refractivity contribution in [3.63, 3.8) is 0 Å². The van der Waals surface area contributed by atoms with E-state index in [1.165, 1.54) is 20.8 Å². The lowest BCUT2D eigenvalue weighted by molar-refractivity contribution is -0.195. The quantitative estimate of drug-likeness (QED) is 0.0295. The number of aliphatic hydroxyl groups excluding tert-OH is 4. The molecule has 0 aliphatic heterocycles. The van der Waals surface area contributed by atoms with Gasteiger partial charge in [-0.3, -0.25) is 0 Å². The smallest absolute Gasteiger partial charge is 0.208 e. The van der Waals surface area contributed by atoms with Crippen LogP contribution >= 0.6 is 0 Å². The lowest BCUT2D eigenvalue weighted by atomic mass is 9.97. The first-order chi connectivity index (χ1) is 23.0. The Hall–Kier alpha value is -1.00. The number of ether oxygens (including phenoxy) is 9. The Bertz CT molecular complexity index is 813. The fourth-order valence-corrected chi connectivity index (χ4v) is 3.59. The summed E-state index contributed by atoms with van der Waals surface area (Å²) < 4.78 is 78.1. The first-order valence-electron chi connectivity index (χ1n) is 16.6. The third-order valence-electron chi connectivity index (χ3n) is 6.97. The van der Waals surface area contributed by atoms with Crippen molar-refractivity contribution in [2.45, 2.75) is 88.2 Å². The zero-order chi connectivity index (χ0) is 37.2. The maximum absolute atomic E-state index is 15.5. The van der Waals surface area contributed by atoms with Gasteiger partial charge in [-0.1, -0.05) is 6.08 Å². The van der Waals surface area contributed by atoms with Crippen molar-refractivity contribution in [2.24, 2.45) is 11.5 Å². The maximum atomic E-state index is 15.5. The summed E-state index contributed by atoms with van der Waals surface area (Å²) in [4.78, 5) is 0. The van der Waals surface area contributed by atoms with E-state index in [1.807, 2.05) is 0 Å². The molecule has 0 saturated carbocycles. The lowest BCUT2D eigenvalue weighted by Gasteiger charge is -2.39. The van der Waals surface area contributed by atoms with Crippen molar-refractivity contribution in [3.8, 4) is 0 Å². The van der Waals surface area contributed by atoms with Crippen molar-refractivity contribution in [1.29, 1.82) is 0 Å². The molecule has 7 atom stereocenters. The van der Waals surface area contributed by atoms with Crippen LogP contribution in [0.3, 0.4) is 0 Å². The van der Waals surface area contributed by atoms with Crippen molar-refractivity contribution in [1.82, 2.24) is 0 Å². The minimum atomic E-state index is -2.22. The first-order valence-corrected chi connectivity index (χ1v) is 16.6. The Morgan fingerprint density at radius 1 is 0.612 bits per heavy atom. The molecule has 0 spiro atoms. The summed E-state index contributed by atoms with van der Waals surface area (Å²) in [5.74, 6) is -2.13. The summed E-state index contributed by atoms with van der Waals surface area (Å²) in [5, 5.41) is 38.3. The molecule has 0 aromatic carbocycles. The number of halogens is 2. The second-order valence-electron chi connectivity index (χ2n) is 12.4. The molecule has 17 heteroatoms. The molecule has 49 heavy (non-hydrogen) atoms. The lowest BCUT2D eigenvalue weighted by Crippen LogP contribution is -2.60. The van der Waals surface area contributed by atoms with Gasteiger partial charge in [0.25, 0.3) is 0 Å². The number of hydrogen-bond acceptors (Lipinski definition) is 15. The minimum Gasteiger partial charge on any atom is -0.394 e. The highest BCUT2D eigenvalue weighted by Crippen LogP contribution is 2.29. The number of rotatable bonds is 35. The second kappa shape index (κ2) is 26.7. The topological polar surface area (TPSA) is 216 Å². The molecular weight excluding hydrogens is 658 g/mol. The summed E-state index contributed by atoms with van der Waals surface area (Å²) in [5.41, 5.74) is 6.83. The Labute approximate surface area is 290 Å². The molecule has 0 aliphatic carbocycles. The SMILES string of the molecule is C=CCCOCCOCC(O)COCC(O)COCCOC(C)(F)CCOC(C)(N)C(C)(F)COC(C)(N)CCOCC(O)COCCO. The van der Waals surface area contributed by atoms with Crippen LogP contribution in [0.25, 0.3) is 0 Å². The van der Waals surface area contributed by atoms with E-state index in [0.29, 0.717) is 19.8 Å². The van der Waals surface area contributed by atoms with Gasteiger partial charge in [0, 0.05) is 12.8 Å². The van der Waals surface area contributed by atoms with Crippen molar-refractivity contribution in [3.05, 3.63) is 12.7 Å². The molecule has 294 valence electrons. The predicted molar refractivity (Wildman–Crippen MR) is 176 cm³/mol. The normalized spacial score (nSPS) is 18.9. The second-order valence-corrected chi connectivity index (χ2v) is 12.4. The van der Waals surface area contributed by atoms with Gasteiger partial charge in [-0.2, -0.15) is 0 Å². The van der Waals surface area contributed by atoms with E-state index >= 15 is 4.39 Å². The van der Waals surface area contributed by atoms with Gasteiger partial charge in [-0.05, 0) is 34.1 Å². The first kappa shape index (κ1) is 48.0. The fraction of sp³-hybridized carbons (Fsp3) is 0.938. The standard InChI is InChI=1S/C32H64F2N2O13/c1-6-7-11-41-15-16-44-21-27(39)23-46-24-28(40)22-45-17-18-47-30(3,34)8-13-48-32(5,36)29(2,33)25-49-31(4,35)9-12-42-19-26(38)20-43-14-10-37/h6,26-28,37-40H,1,7-25,35-36H2,2-5H3. The van der Waals surface area contributed by atoms with Crippen LogP contribution in [0.1, 0.15) is 47.0 Å². The van der Waals surface area contributed by atoms with E-state index in [0.717, 1.165) is 6.42 Å². The summed E-state index contributed by atoms with van der Waals surface area (Å²) in [6.45, 7) is 9.15. The Balaban J connectivity index is 4.16. The maximum Gasteiger partial charge on any atom is 0.208 e. The molecule has 0 bridgehead atoms. The van der Waals surface area contributed by atoms with E-state index in [-0.39, 0.29) is 92.1 Å². The Morgan fingerprint density at radius 2 is 1.10 bits per heavy atom. The van der Waals surface area contributed by atoms with E-state index < -0.39 is 47.9 Å². The van der Waals surface area contributed by atoms with E-state index in [1.54, 1.807) is 13.0 Å². The average Bonchev–Trinajstić information content (AvgIpc) is 3.01. The van der Waals surface area contributed by atoms with Crippen LogP contribution in [0.5, 0.6) is 0 Å².